The molecule has 8 nitrogen and oxygen atoms in total. The number of hydrogen-bond acceptors (Lipinski definition) is 5. The van der Waals surface area contributed by atoms with Crippen LogP contribution in [-0.4, -0.2) is 51.4 Å². The summed E-state index contributed by atoms with van der Waals surface area (Å²) >= 11 is 6.39. The number of nitrogens with zero attached hydrogens (tertiary/aromatic N) is 2. The molecule has 3 rings (SSSR count). The average molecular weight is 600 g/mol. The van der Waals surface area contributed by atoms with Gasteiger partial charge in [-0.3, -0.25) is 13.9 Å². The number of benzene rings is 3. The average Bonchev–Trinajstić information content (AvgIpc) is 2.96. The number of halogens is 1. The van der Waals surface area contributed by atoms with Gasteiger partial charge in [0.05, 0.1) is 17.7 Å². The molecule has 1 N–H and O–H groups in total. The van der Waals surface area contributed by atoms with E-state index in [1.165, 1.54) is 17.0 Å². The molecule has 0 fully saturated rings. The van der Waals surface area contributed by atoms with Crippen LogP contribution in [0.1, 0.15) is 43.4 Å². The van der Waals surface area contributed by atoms with Crippen LogP contribution in [0.2, 0.25) is 5.02 Å². The van der Waals surface area contributed by atoms with Gasteiger partial charge in [-0.25, -0.2) is 8.42 Å². The van der Waals surface area contributed by atoms with E-state index in [2.05, 4.69) is 5.32 Å². The van der Waals surface area contributed by atoms with Gasteiger partial charge < -0.3 is 15.0 Å². The Bertz CT molecular complexity index is 1440. The molecule has 0 heterocycles. The Morgan fingerprint density at radius 1 is 0.976 bits per heavy atom. The predicted octanol–water partition coefficient (Wildman–Crippen LogP) is 5.49. The SMILES string of the molecule is CCCNC(=O)C(CC)N(Cc1ccc(OC)cc1)C(=O)CN(c1cccc(Cl)c1C)S(=O)(=O)c1ccc(C)cc1. The highest BCUT2D eigenvalue weighted by atomic mass is 35.5. The molecule has 2 amide bonds. The Labute approximate surface area is 248 Å². The molecule has 0 saturated heterocycles. The van der Waals surface area contributed by atoms with Crippen LogP contribution in [-0.2, 0) is 26.2 Å². The highest BCUT2D eigenvalue weighted by Gasteiger charge is 2.34. The molecule has 0 aliphatic heterocycles. The van der Waals surface area contributed by atoms with E-state index >= 15 is 0 Å². The fraction of sp³-hybridized carbons (Fsp3) is 0.355. The molecular formula is C31H38ClN3O5S. The number of aryl methyl sites for hydroxylation is 1. The summed E-state index contributed by atoms with van der Waals surface area (Å²) in [6, 6.07) is 17.8. The zero-order chi connectivity index (χ0) is 30.2. The highest BCUT2D eigenvalue weighted by Crippen LogP contribution is 2.31. The van der Waals surface area contributed by atoms with Crippen molar-refractivity contribution in [1.29, 1.82) is 0 Å². The van der Waals surface area contributed by atoms with E-state index < -0.39 is 28.5 Å². The molecule has 0 aliphatic carbocycles. The second-order valence-electron chi connectivity index (χ2n) is 9.79. The van der Waals surface area contributed by atoms with E-state index in [0.717, 1.165) is 21.9 Å². The van der Waals surface area contributed by atoms with E-state index in [1.54, 1.807) is 56.5 Å². The van der Waals surface area contributed by atoms with Gasteiger partial charge in [0.2, 0.25) is 11.8 Å². The quantitative estimate of drug-likeness (QED) is 0.280. The summed E-state index contributed by atoms with van der Waals surface area (Å²) in [5.41, 5.74) is 2.49. The van der Waals surface area contributed by atoms with Crippen LogP contribution in [0.3, 0.4) is 0 Å². The van der Waals surface area contributed by atoms with Crippen molar-refractivity contribution >= 4 is 39.1 Å². The molecule has 220 valence electrons. The van der Waals surface area contributed by atoms with E-state index in [9.17, 15) is 18.0 Å². The standard InChI is InChI=1S/C31H38ClN3O5S/c1-6-19-33-31(37)28(7-2)34(20-24-13-15-25(40-5)16-14-24)30(36)21-35(29-10-8-9-27(32)23(29)4)41(38,39)26-17-11-22(3)12-18-26/h8-18,28H,6-7,19-21H2,1-5H3,(H,33,37). The lowest BCUT2D eigenvalue weighted by Gasteiger charge is -2.33. The Kier molecular flexibility index (Phi) is 11.2. The van der Waals surface area contributed by atoms with Crippen LogP contribution in [0.5, 0.6) is 5.75 Å². The molecular weight excluding hydrogens is 562 g/mol. The highest BCUT2D eigenvalue weighted by molar-refractivity contribution is 7.92. The number of amides is 2. The van der Waals surface area contributed by atoms with Gasteiger partial charge in [0.25, 0.3) is 10.0 Å². The lowest BCUT2D eigenvalue weighted by molar-refractivity contribution is -0.140. The number of carbonyl (C=O) groups excluding carboxylic acids is 2. The molecule has 41 heavy (non-hydrogen) atoms. The summed E-state index contributed by atoms with van der Waals surface area (Å²) < 4.78 is 34.4. The molecule has 0 aliphatic rings. The maximum absolute atomic E-state index is 14.1. The number of rotatable bonds is 13. The minimum Gasteiger partial charge on any atom is -0.497 e. The Morgan fingerprint density at radius 2 is 1.63 bits per heavy atom. The first-order chi connectivity index (χ1) is 19.5. The Morgan fingerprint density at radius 3 is 2.22 bits per heavy atom. The third-order valence-electron chi connectivity index (χ3n) is 6.84. The van der Waals surface area contributed by atoms with Crippen LogP contribution in [0.15, 0.2) is 71.6 Å². The molecule has 0 spiro atoms. The van der Waals surface area contributed by atoms with E-state index in [0.29, 0.717) is 35.0 Å². The van der Waals surface area contributed by atoms with Gasteiger partial charge in [-0.2, -0.15) is 0 Å². The molecule has 0 bridgehead atoms. The van der Waals surface area contributed by atoms with Gasteiger partial charge in [-0.15, -0.1) is 0 Å². The van der Waals surface area contributed by atoms with Crippen LogP contribution in [0.4, 0.5) is 5.69 Å². The minimum atomic E-state index is -4.18. The summed E-state index contributed by atoms with van der Waals surface area (Å²) in [5, 5.41) is 3.26. The van der Waals surface area contributed by atoms with Crippen molar-refractivity contribution < 1.29 is 22.7 Å². The van der Waals surface area contributed by atoms with Gasteiger partial charge in [0.15, 0.2) is 0 Å². The van der Waals surface area contributed by atoms with Gasteiger partial charge in [-0.1, -0.05) is 61.3 Å². The zero-order valence-electron chi connectivity index (χ0n) is 24.2. The first-order valence-electron chi connectivity index (χ1n) is 13.6. The molecule has 1 unspecified atom stereocenters. The van der Waals surface area contributed by atoms with E-state index in [1.807, 2.05) is 32.9 Å². The minimum absolute atomic E-state index is 0.0460. The van der Waals surface area contributed by atoms with Crippen molar-refractivity contribution in [2.45, 2.75) is 58.0 Å². The summed E-state index contributed by atoms with van der Waals surface area (Å²) in [6.45, 7) is 7.40. The monoisotopic (exact) mass is 599 g/mol. The largest absolute Gasteiger partial charge is 0.497 e. The molecule has 10 heteroatoms. The van der Waals surface area contributed by atoms with Gasteiger partial charge >= 0.3 is 0 Å². The Hall–Kier alpha value is -3.56. The number of carbonyl (C=O) groups is 2. The first-order valence-corrected chi connectivity index (χ1v) is 15.4. The summed E-state index contributed by atoms with van der Waals surface area (Å²) in [4.78, 5) is 28.8. The van der Waals surface area contributed by atoms with Crippen molar-refractivity contribution in [3.63, 3.8) is 0 Å². The number of sulfonamides is 1. The number of nitrogens with one attached hydrogen (secondary N) is 1. The molecule has 1 atom stereocenters. The van der Waals surface area contributed by atoms with E-state index in [4.69, 9.17) is 16.3 Å². The fourth-order valence-electron chi connectivity index (χ4n) is 4.43. The molecule has 0 saturated carbocycles. The molecule has 0 aromatic heterocycles. The maximum Gasteiger partial charge on any atom is 0.264 e. The van der Waals surface area contributed by atoms with Crippen molar-refractivity contribution in [2.75, 3.05) is 24.5 Å². The third kappa shape index (κ3) is 7.80. The second-order valence-corrected chi connectivity index (χ2v) is 12.1. The molecule has 0 radical (unpaired) electrons. The maximum atomic E-state index is 14.1. The number of methoxy groups -OCH3 is 1. The third-order valence-corrected chi connectivity index (χ3v) is 9.03. The van der Waals surface area contributed by atoms with Crippen LogP contribution in [0, 0.1) is 13.8 Å². The van der Waals surface area contributed by atoms with Crippen LogP contribution >= 0.6 is 11.6 Å². The smallest absolute Gasteiger partial charge is 0.264 e. The van der Waals surface area contributed by atoms with Crippen molar-refractivity contribution in [3.05, 3.63) is 88.4 Å². The topological polar surface area (TPSA) is 96.0 Å². The Balaban J connectivity index is 2.08. The fourth-order valence-corrected chi connectivity index (χ4v) is 6.07. The molecule has 3 aromatic carbocycles. The normalized spacial score (nSPS) is 12.0. The number of hydrogen-bond donors (Lipinski definition) is 1. The predicted molar refractivity (Wildman–Crippen MR) is 163 cm³/mol. The van der Waals surface area contributed by atoms with Crippen LogP contribution < -0.4 is 14.4 Å². The molecule has 3 aromatic rings. The summed E-state index contributed by atoms with van der Waals surface area (Å²) in [7, 11) is -2.61. The number of ether oxygens (including phenoxy) is 1. The van der Waals surface area contributed by atoms with Gasteiger partial charge in [0.1, 0.15) is 18.3 Å². The summed E-state index contributed by atoms with van der Waals surface area (Å²) in [6.07, 6.45) is 1.09. The van der Waals surface area contributed by atoms with Crippen molar-refractivity contribution in [2.24, 2.45) is 0 Å². The van der Waals surface area contributed by atoms with Crippen molar-refractivity contribution in [1.82, 2.24) is 10.2 Å². The van der Waals surface area contributed by atoms with Crippen LogP contribution in [0.25, 0.3) is 0 Å². The zero-order valence-corrected chi connectivity index (χ0v) is 25.8. The first kappa shape index (κ1) is 32.0. The lowest BCUT2D eigenvalue weighted by atomic mass is 10.1. The van der Waals surface area contributed by atoms with E-state index in [-0.39, 0.29) is 17.3 Å². The van der Waals surface area contributed by atoms with Gasteiger partial charge in [-0.05, 0) is 74.2 Å². The summed E-state index contributed by atoms with van der Waals surface area (Å²) in [5.74, 6) is -0.149. The number of anilines is 1. The second kappa shape index (κ2) is 14.4. The lowest BCUT2D eigenvalue weighted by Crippen LogP contribution is -2.52. The van der Waals surface area contributed by atoms with Crippen molar-refractivity contribution in [3.8, 4) is 5.75 Å². The van der Waals surface area contributed by atoms with Gasteiger partial charge in [0, 0.05) is 18.1 Å².